The molecule has 0 saturated carbocycles. The summed E-state index contributed by atoms with van der Waals surface area (Å²) in [6.07, 6.45) is 0. The van der Waals surface area contributed by atoms with Crippen LogP contribution in [0.15, 0.2) is 24.3 Å². The molecule has 19 heavy (non-hydrogen) atoms. The summed E-state index contributed by atoms with van der Waals surface area (Å²) in [6.45, 7) is 6.96. The molecule has 0 amide bonds. The van der Waals surface area contributed by atoms with Gasteiger partial charge < -0.3 is 19.9 Å². The predicted molar refractivity (Wildman–Crippen MR) is 81.3 cm³/mol. The normalized spacial score (nSPS) is 16.4. The molecule has 1 aliphatic rings. The summed E-state index contributed by atoms with van der Waals surface area (Å²) in [5.41, 5.74) is 2.63. The highest BCUT2D eigenvalue weighted by Gasteiger charge is 2.25. The molecule has 0 bridgehead atoms. The van der Waals surface area contributed by atoms with E-state index in [9.17, 15) is 0 Å². The minimum Gasteiger partial charge on any atom is -0.383 e. The average Bonchev–Trinajstić information content (AvgIpc) is 2.45. The number of ether oxygens (including phenoxy) is 1. The molecule has 1 heterocycles. The Bertz CT molecular complexity index is 397. The number of nitrogens with zero attached hydrogens (tertiary/aromatic N) is 2. The number of rotatable bonds is 6. The number of nitrogens with one attached hydrogen (secondary N) is 1. The molecule has 2 rings (SSSR count). The van der Waals surface area contributed by atoms with Crippen LogP contribution < -0.4 is 15.1 Å². The molecular weight excluding hydrogens is 238 g/mol. The topological polar surface area (TPSA) is 27.7 Å². The second-order valence-corrected chi connectivity index (χ2v) is 5.02. The van der Waals surface area contributed by atoms with Gasteiger partial charge >= 0.3 is 0 Å². The number of methoxy groups -OCH3 is 1. The number of fused-ring (bicyclic) bond motifs is 1. The van der Waals surface area contributed by atoms with Gasteiger partial charge in [0.05, 0.1) is 24.0 Å². The van der Waals surface area contributed by atoms with Crippen molar-refractivity contribution in [3.63, 3.8) is 0 Å². The van der Waals surface area contributed by atoms with E-state index in [1.165, 1.54) is 11.4 Å². The quantitative estimate of drug-likeness (QED) is 0.843. The summed E-state index contributed by atoms with van der Waals surface area (Å²) in [4.78, 5) is 4.80. The van der Waals surface area contributed by atoms with Crippen LogP contribution in [0.4, 0.5) is 11.4 Å². The second kappa shape index (κ2) is 6.78. The van der Waals surface area contributed by atoms with Crippen molar-refractivity contribution in [2.45, 2.75) is 13.0 Å². The highest BCUT2D eigenvalue weighted by molar-refractivity contribution is 5.73. The van der Waals surface area contributed by atoms with Gasteiger partial charge in [-0.2, -0.15) is 0 Å². The Morgan fingerprint density at radius 3 is 2.68 bits per heavy atom. The molecule has 1 aliphatic heterocycles. The lowest BCUT2D eigenvalue weighted by Gasteiger charge is -2.41. The summed E-state index contributed by atoms with van der Waals surface area (Å²) in [7, 11) is 3.94. The van der Waals surface area contributed by atoms with Crippen molar-refractivity contribution >= 4 is 11.4 Å². The summed E-state index contributed by atoms with van der Waals surface area (Å²) in [6, 6.07) is 9.01. The number of anilines is 2. The van der Waals surface area contributed by atoms with Gasteiger partial charge in [-0.25, -0.2) is 0 Å². The van der Waals surface area contributed by atoms with Crippen LogP contribution in [0.3, 0.4) is 0 Å². The minimum absolute atomic E-state index is 0.389. The third kappa shape index (κ3) is 3.19. The van der Waals surface area contributed by atoms with Crippen molar-refractivity contribution in [3.05, 3.63) is 24.3 Å². The van der Waals surface area contributed by atoms with Gasteiger partial charge in [-0.1, -0.05) is 19.1 Å². The van der Waals surface area contributed by atoms with Crippen molar-refractivity contribution in [1.29, 1.82) is 0 Å². The SMILES string of the molecule is CCNCC(COC)N1CCN(C)c2ccccc21. The van der Waals surface area contributed by atoms with E-state index < -0.39 is 0 Å². The second-order valence-electron chi connectivity index (χ2n) is 5.02. The van der Waals surface area contributed by atoms with E-state index in [-0.39, 0.29) is 0 Å². The lowest BCUT2D eigenvalue weighted by Crippen LogP contribution is -2.50. The smallest absolute Gasteiger partial charge is 0.0678 e. The van der Waals surface area contributed by atoms with Crippen LogP contribution in [0.25, 0.3) is 0 Å². The molecule has 1 atom stereocenters. The largest absolute Gasteiger partial charge is 0.383 e. The number of para-hydroxylation sites is 2. The maximum Gasteiger partial charge on any atom is 0.0678 e. The molecule has 4 nitrogen and oxygen atoms in total. The van der Waals surface area contributed by atoms with Gasteiger partial charge in [0.1, 0.15) is 0 Å². The lowest BCUT2D eigenvalue weighted by molar-refractivity contribution is 0.175. The summed E-state index contributed by atoms with van der Waals surface area (Å²) in [5.74, 6) is 0. The monoisotopic (exact) mass is 263 g/mol. The third-order valence-electron chi connectivity index (χ3n) is 3.71. The van der Waals surface area contributed by atoms with Gasteiger partial charge in [0.25, 0.3) is 0 Å². The molecule has 0 aromatic heterocycles. The van der Waals surface area contributed by atoms with Crippen molar-refractivity contribution in [3.8, 4) is 0 Å². The Kier molecular flexibility index (Phi) is 5.05. The van der Waals surface area contributed by atoms with E-state index in [0.717, 1.165) is 32.8 Å². The fourth-order valence-corrected chi connectivity index (χ4v) is 2.67. The third-order valence-corrected chi connectivity index (χ3v) is 3.71. The van der Waals surface area contributed by atoms with E-state index in [4.69, 9.17) is 4.74 Å². The van der Waals surface area contributed by atoms with Crippen LogP contribution in [0.5, 0.6) is 0 Å². The minimum atomic E-state index is 0.389. The van der Waals surface area contributed by atoms with E-state index in [0.29, 0.717) is 6.04 Å². The molecule has 0 aliphatic carbocycles. The van der Waals surface area contributed by atoms with Crippen LogP contribution >= 0.6 is 0 Å². The zero-order valence-corrected chi connectivity index (χ0v) is 12.2. The number of likely N-dealkylation sites (N-methyl/N-ethyl adjacent to an activating group) is 2. The molecule has 1 aromatic carbocycles. The first-order valence-electron chi connectivity index (χ1n) is 7.04. The van der Waals surface area contributed by atoms with Gasteiger partial charge in [-0.15, -0.1) is 0 Å². The molecule has 4 heteroatoms. The molecular formula is C15H25N3O. The maximum absolute atomic E-state index is 5.40. The molecule has 0 radical (unpaired) electrons. The highest BCUT2D eigenvalue weighted by atomic mass is 16.5. The standard InChI is InChI=1S/C15H25N3O/c1-4-16-11-13(12-19-3)18-10-9-17(2)14-7-5-6-8-15(14)18/h5-8,13,16H,4,9-12H2,1-3H3. The Morgan fingerprint density at radius 2 is 2.00 bits per heavy atom. The summed E-state index contributed by atoms with van der Waals surface area (Å²) >= 11 is 0. The van der Waals surface area contributed by atoms with E-state index in [1.807, 2.05) is 0 Å². The number of benzene rings is 1. The van der Waals surface area contributed by atoms with Gasteiger partial charge in [0.15, 0.2) is 0 Å². The van der Waals surface area contributed by atoms with E-state index >= 15 is 0 Å². The van der Waals surface area contributed by atoms with Gasteiger partial charge in [-0.3, -0.25) is 0 Å². The predicted octanol–water partition coefficient (Wildman–Crippen LogP) is 1.57. The summed E-state index contributed by atoms with van der Waals surface area (Å²) in [5, 5.41) is 3.44. The van der Waals surface area contributed by atoms with Crippen LogP contribution in [0.1, 0.15) is 6.92 Å². The van der Waals surface area contributed by atoms with Crippen molar-refractivity contribution in [1.82, 2.24) is 5.32 Å². The van der Waals surface area contributed by atoms with Gasteiger partial charge in [0.2, 0.25) is 0 Å². The molecule has 0 saturated heterocycles. The first-order valence-corrected chi connectivity index (χ1v) is 7.04. The van der Waals surface area contributed by atoms with E-state index in [1.54, 1.807) is 7.11 Å². The highest BCUT2D eigenvalue weighted by Crippen LogP contribution is 2.32. The average molecular weight is 263 g/mol. The molecule has 1 unspecified atom stereocenters. The van der Waals surface area contributed by atoms with Crippen molar-refractivity contribution in [2.24, 2.45) is 0 Å². The first kappa shape index (κ1) is 14.2. The van der Waals surface area contributed by atoms with Crippen LogP contribution in [-0.4, -0.2) is 53.0 Å². The molecule has 106 valence electrons. The molecule has 0 fully saturated rings. The Morgan fingerprint density at radius 1 is 1.26 bits per heavy atom. The first-order chi connectivity index (χ1) is 9.27. The zero-order valence-electron chi connectivity index (χ0n) is 12.2. The number of hydrogen-bond donors (Lipinski definition) is 1. The Labute approximate surface area is 116 Å². The van der Waals surface area contributed by atoms with Gasteiger partial charge in [0, 0.05) is 33.8 Å². The Hall–Kier alpha value is -1.26. The lowest BCUT2D eigenvalue weighted by atomic mass is 10.1. The van der Waals surface area contributed by atoms with Crippen molar-refractivity contribution < 1.29 is 4.74 Å². The zero-order chi connectivity index (χ0) is 13.7. The van der Waals surface area contributed by atoms with Crippen LogP contribution in [-0.2, 0) is 4.74 Å². The summed E-state index contributed by atoms with van der Waals surface area (Å²) < 4.78 is 5.40. The maximum atomic E-state index is 5.40. The fraction of sp³-hybridized carbons (Fsp3) is 0.600. The Balaban J connectivity index is 2.20. The fourth-order valence-electron chi connectivity index (χ4n) is 2.67. The van der Waals surface area contributed by atoms with E-state index in [2.05, 4.69) is 53.4 Å². The van der Waals surface area contributed by atoms with Crippen LogP contribution in [0.2, 0.25) is 0 Å². The molecule has 1 N–H and O–H groups in total. The number of hydrogen-bond acceptors (Lipinski definition) is 4. The van der Waals surface area contributed by atoms with Gasteiger partial charge in [-0.05, 0) is 18.7 Å². The molecule has 1 aromatic rings. The van der Waals surface area contributed by atoms with Crippen LogP contribution in [0, 0.1) is 0 Å². The molecule has 0 spiro atoms. The van der Waals surface area contributed by atoms with Crippen molar-refractivity contribution in [2.75, 3.05) is 56.7 Å².